The third-order valence-corrected chi connectivity index (χ3v) is 4.30. The summed E-state index contributed by atoms with van der Waals surface area (Å²) in [7, 11) is 1.38. The van der Waals surface area contributed by atoms with Crippen LogP contribution < -0.4 is 21.5 Å². The fourth-order valence-electron chi connectivity index (χ4n) is 2.80. The molecule has 3 rings (SSSR count). The summed E-state index contributed by atoms with van der Waals surface area (Å²) >= 11 is 0. The molecule has 2 aromatic heterocycles. The summed E-state index contributed by atoms with van der Waals surface area (Å²) in [5.74, 6) is 0.661. The van der Waals surface area contributed by atoms with E-state index in [4.69, 9.17) is 0 Å². The summed E-state index contributed by atoms with van der Waals surface area (Å²) in [6.07, 6.45) is 5.48. The Bertz CT molecular complexity index is 863. The first-order valence-corrected chi connectivity index (χ1v) is 8.27. The van der Waals surface area contributed by atoms with E-state index in [0.29, 0.717) is 6.54 Å². The molecular weight excluding hydrogens is 322 g/mol. The highest BCUT2D eigenvalue weighted by Gasteiger charge is 2.13. The molecule has 0 aromatic carbocycles. The van der Waals surface area contributed by atoms with Gasteiger partial charge in [0.25, 0.3) is 5.56 Å². The second-order valence-electron chi connectivity index (χ2n) is 6.12. The van der Waals surface area contributed by atoms with Crippen LogP contribution in [0.4, 0.5) is 5.82 Å². The number of rotatable bonds is 5. The number of anilines is 1. The van der Waals surface area contributed by atoms with Gasteiger partial charge in [-0.25, -0.2) is 9.78 Å². The van der Waals surface area contributed by atoms with Gasteiger partial charge < -0.3 is 10.2 Å². The first-order chi connectivity index (χ1) is 12.0. The second kappa shape index (κ2) is 7.33. The zero-order valence-corrected chi connectivity index (χ0v) is 14.1. The highest BCUT2D eigenvalue weighted by atomic mass is 16.2. The van der Waals surface area contributed by atoms with Crippen molar-refractivity contribution in [1.29, 1.82) is 0 Å². The minimum atomic E-state index is -0.515. The van der Waals surface area contributed by atoms with Gasteiger partial charge in [-0.2, -0.15) is 0 Å². The summed E-state index contributed by atoms with van der Waals surface area (Å²) in [4.78, 5) is 42.0. The fraction of sp³-hybridized carbons (Fsp3) is 0.412. The monoisotopic (exact) mass is 343 g/mol. The van der Waals surface area contributed by atoms with E-state index < -0.39 is 11.2 Å². The lowest BCUT2D eigenvalue weighted by Crippen LogP contribution is -2.40. The van der Waals surface area contributed by atoms with Gasteiger partial charge in [-0.15, -0.1) is 0 Å². The Hall–Kier alpha value is -2.90. The molecule has 0 spiro atoms. The van der Waals surface area contributed by atoms with Crippen LogP contribution in [0.25, 0.3) is 0 Å². The van der Waals surface area contributed by atoms with Crippen LogP contribution in [0, 0.1) is 0 Å². The lowest BCUT2D eigenvalue weighted by atomic mass is 10.2. The van der Waals surface area contributed by atoms with E-state index in [9.17, 15) is 14.4 Å². The van der Waals surface area contributed by atoms with Gasteiger partial charge in [0.2, 0.25) is 5.91 Å². The van der Waals surface area contributed by atoms with Gasteiger partial charge in [0.05, 0.1) is 0 Å². The van der Waals surface area contributed by atoms with Gasteiger partial charge in [0.15, 0.2) is 0 Å². The fourth-order valence-corrected chi connectivity index (χ4v) is 2.80. The molecule has 8 nitrogen and oxygen atoms in total. The van der Waals surface area contributed by atoms with Crippen molar-refractivity contribution in [2.45, 2.75) is 25.9 Å². The average molecular weight is 343 g/mol. The molecule has 132 valence electrons. The van der Waals surface area contributed by atoms with E-state index in [2.05, 4.69) is 15.2 Å². The predicted octanol–water partition coefficient (Wildman–Crippen LogP) is -0.141. The maximum atomic E-state index is 12.0. The van der Waals surface area contributed by atoms with E-state index in [1.807, 2.05) is 12.1 Å². The average Bonchev–Trinajstić information content (AvgIpc) is 3.16. The van der Waals surface area contributed by atoms with Crippen LogP contribution in [-0.4, -0.2) is 33.1 Å². The Morgan fingerprint density at radius 1 is 1.20 bits per heavy atom. The van der Waals surface area contributed by atoms with Crippen molar-refractivity contribution in [2.24, 2.45) is 7.05 Å². The normalized spacial score (nSPS) is 13.9. The Balaban J connectivity index is 1.56. The van der Waals surface area contributed by atoms with E-state index in [1.165, 1.54) is 36.7 Å². The Kier molecular flexibility index (Phi) is 4.97. The first-order valence-electron chi connectivity index (χ1n) is 8.27. The zero-order valence-electron chi connectivity index (χ0n) is 14.1. The van der Waals surface area contributed by atoms with E-state index in [1.54, 1.807) is 6.20 Å². The number of aromatic nitrogens is 3. The molecule has 1 fully saturated rings. The Labute approximate surface area is 144 Å². The molecule has 0 unspecified atom stereocenters. The first kappa shape index (κ1) is 16.9. The van der Waals surface area contributed by atoms with Crippen molar-refractivity contribution in [3.63, 3.8) is 0 Å². The molecule has 25 heavy (non-hydrogen) atoms. The number of pyridine rings is 1. The molecule has 0 bridgehead atoms. The Morgan fingerprint density at radius 3 is 2.64 bits per heavy atom. The van der Waals surface area contributed by atoms with Crippen molar-refractivity contribution >= 4 is 11.7 Å². The number of amides is 1. The smallest absolute Gasteiger partial charge is 0.331 e. The largest absolute Gasteiger partial charge is 0.357 e. The maximum absolute atomic E-state index is 12.0. The predicted molar refractivity (Wildman–Crippen MR) is 93.5 cm³/mol. The third kappa shape index (κ3) is 3.96. The molecule has 0 atom stereocenters. The topological polar surface area (TPSA) is 89.2 Å². The molecular formula is C17H21N5O3. The maximum Gasteiger partial charge on any atom is 0.331 e. The lowest BCUT2D eigenvalue weighted by molar-refractivity contribution is -0.121. The van der Waals surface area contributed by atoms with Gasteiger partial charge in [0, 0.05) is 45.1 Å². The number of hydrogen-bond acceptors (Lipinski definition) is 5. The molecule has 1 aliphatic heterocycles. The van der Waals surface area contributed by atoms with Gasteiger partial charge in [-0.05, 0) is 24.5 Å². The van der Waals surface area contributed by atoms with Gasteiger partial charge in [-0.3, -0.25) is 18.7 Å². The molecule has 1 saturated heterocycles. The molecule has 2 aromatic rings. The van der Waals surface area contributed by atoms with Crippen LogP contribution in [0.1, 0.15) is 18.4 Å². The molecule has 3 heterocycles. The molecule has 1 amide bonds. The van der Waals surface area contributed by atoms with Gasteiger partial charge in [0.1, 0.15) is 12.4 Å². The zero-order chi connectivity index (χ0) is 17.8. The summed E-state index contributed by atoms with van der Waals surface area (Å²) < 4.78 is 2.17. The highest BCUT2D eigenvalue weighted by molar-refractivity contribution is 5.75. The van der Waals surface area contributed by atoms with Crippen LogP contribution in [0.5, 0.6) is 0 Å². The number of hydrogen-bond donors (Lipinski definition) is 1. The minimum Gasteiger partial charge on any atom is -0.357 e. The molecule has 0 saturated carbocycles. The molecule has 0 radical (unpaired) electrons. The van der Waals surface area contributed by atoms with Crippen molar-refractivity contribution in [3.8, 4) is 0 Å². The number of nitrogens with zero attached hydrogens (tertiary/aromatic N) is 4. The SMILES string of the molecule is Cn1c(=O)ccn(CC(=O)NCc2ccc(N3CCCC3)nc2)c1=O. The summed E-state index contributed by atoms with van der Waals surface area (Å²) in [5.41, 5.74) is -0.0192. The number of nitrogens with one attached hydrogen (secondary N) is 1. The summed E-state index contributed by atoms with van der Waals surface area (Å²) in [6.45, 7) is 2.29. The summed E-state index contributed by atoms with van der Waals surface area (Å²) in [5, 5.41) is 2.76. The quantitative estimate of drug-likeness (QED) is 0.816. The van der Waals surface area contributed by atoms with Crippen LogP contribution >= 0.6 is 0 Å². The minimum absolute atomic E-state index is 0.133. The number of carbonyl (C=O) groups excluding carboxylic acids is 1. The van der Waals surface area contributed by atoms with Crippen molar-refractivity contribution in [1.82, 2.24) is 19.4 Å². The van der Waals surface area contributed by atoms with E-state index in [-0.39, 0.29) is 12.5 Å². The third-order valence-electron chi connectivity index (χ3n) is 4.30. The van der Waals surface area contributed by atoms with Crippen molar-refractivity contribution in [2.75, 3.05) is 18.0 Å². The molecule has 0 aliphatic carbocycles. The van der Waals surface area contributed by atoms with Crippen molar-refractivity contribution < 1.29 is 4.79 Å². The molecule has 1 aliphatic rings. The summed E-state index contributed by atoms with van der Waals surface area (Å²) in [6, 6.07) is 5.17. The molecule has 1 N–H and O–H groups in total. The Morgan fingerprint density at radius 2 is 1.96 bits per heavy atom. The van der Waals surface area contributed by atoms with Crippen LogP contribution in [0.3, 0.4) is 0 Å². The van der Waals surface area contributed by atoms with E-state index >= 15 is 0 Å². The van der Waals surface area contributed by atoms with Crippen molar-refractivity contribution in [3.05, 3.63) is 57.0 Å². The van der Waals surface area contributed by atoms with Crippen LogP contribution in [0.2, 0.25) is 0 Å². The highest BCUT2D eigenvalue weighted by Crippen LogP contribution is 2.17. The lowest BCUT2D eigenvalue weighted by Gasteiger charge is -2.16. The second-order valence-corrected chi connectivity index (χ2v) is 6.12. The standard InChI is InChI=1S/C17H21N5O3/c1-20-16(24)6-9-22(17(20)25)12-15(23)19-11-13-4-5-14(18-10-13)21-7-2-3-8-21/h4-6,9-10H,2-3,7-8,11-12H2,1H3,(H,19,23). The van der Waals surface area contributed by atoms with Gasteiger partial charge >= 0.3 is 5.69 Å². The van der Waals surface area contributed by atoms with Crippen LogP contribution in [-0.2, 0) is 24.9 Å². The van der Waals surface area contributed by atoms with Gasteiger partial charge in [-0.1, -0.05) is 6.07 Å². The number of carbonyl (C=O) groups is 1. The molecule has 8 heteroatoms. The van der Waals surface area contributed by atoms with E-state index in [0.717, 1.165) is 29.0 Å². The van der Waals surface area contributed by atoms with Crippen LogP contribution in [0.15, 0.2) is 40.2 Å².